The fraction of sp³-hybridized carbons (Fsp3) is 0.696. The topological polar surface area (TPSA) is 92.6 Å². The molecule has 1 aliphatic carbocycles. The van der Waals surface area contributed by atoms with E-state index in [0.717, 1.165) is 49.7 Å². The highest BCUT2D eigenvalue weighted by molar-refractivity contribution is 7.96. The third-order valence-electron chi connectivity index (χ3n) is 5.78. The smallest absolute Gasteiger partial charge is 0.224 e. The summed E-state index contributed by atoms with van der Waals surface area (Å²) in [4.78, 5) is 13.4. The van der Waals surface area contributed by atoms with Gasteiger partial charge in [0.15, 0.2) is 0 Å². The molecule has 0 radical (unpaired) electrons. The van der Waals surface area contributed by atoms with Crippen LogP contribution in [-0.4, -0.2) is 75.7 Å². The number of pyridine rings is 1. The van der Waals surface area contributed by atoms with Gasteiger partial charge in [-0.2, -0.15) is 0 Å². The van der Waals surface area contributed by atoms with Gasteiger partial charge in [-0.1, -0.05) is 31.2 Å². The molecular weight excluding hydrogens is 426 g/mol. The van der Waals surface area contributed by atoms with Gasteiger partial charge in [-0.05, 0) is 44.9 Å². The number of rotatable bonds is 7. The highest BCUT2D eigenvalue weighted by Crippen LogP contribution is 2.26. The third kappa shape index (κ3) is 7.72. The number of piperidine rings is 1. The maximum Gasteiger partial charge on any atom is 0.224 e. The molecule has 3 heterocycles. The molecule has 0 aromatic carbocycles. The van der Waals surface area contributed by atoms with E-state index >= 15 is 0 Å². The number of fused-ring (bicyclic) bond motifs is 1. The molecule has 1 aliphatic heterocycles. The Hall–Kier alpha value is -1.68. The first kappa shape index (κ1) is 25.0. The summed E-state index contributed by atoms with van der Waals surface area (Å²) >= 11 is 1.79. The lowest BCUT2D eigenvalue weighted by Gasteiger charge is -2.30. The molecule has 9 heteroatoms. The van der Waals surface area contributed by atoms with Gasteiger partial charge < -0.3 is 19.9 Å². The second-order valence-electron chi connectivity index (χ2n) is 8.46. The Morgan fingerprint density at radius 1 is 1.19 bits per heavy atom. The predicted octanol–water partition coefficient (Wildman–Crippen LogP) is 3.90. The number of nitrogens with one attached hydrogen (secondary N) is 1. The van der Waals surface area contributed by atoms with E-state index in [1.165, 1.54) is 19.3 Å². The van der Waals surface area contributed by atoms with E-state index in [9.17, 15) is 0 Å². The van der Waals surface area contributed by atoms with Crippen LogP contribution in [0.5, 0.6) is 5.88 Å². The van der Waals surface area contributed by atoms with Crippen LogP contribution in [0.25, 0.3) is 10.9 Å². The van der Waals surface area contributed by atoms with E-state index < -0.39 is 0 Å². The number of aliphatic hydroxyl groups excluding tert-OH is 1. The molecule has 178 valence electrons. The Morgan fingerprint density at radius 3 is 2.56 bits per heavy atom. The molecule has 1 saturated carbocycles. The van der Waals surface area contributed by atoms with E-state index in [1.807, 2.05) is 13.0 Å². The zero-order valence-corrected chi connectivity index (χ0v) is 20.3. The number of methoxy groups -OCH3 is 1. The number of hydrogen-bond donors (Lipinski definition) is 2. The van der Waals surface area contributed by atoms with Crippen molar-refractivity contribution in [2.75, 3.05) is 38.4 Å². The van der Waals surface area contributed by atoms with Gasteiger partial charge in [0.05, 0.1) is 23.6 Å². The predicted molar refractivity (Wildman–Crippen MR) is 130 cm³/mol. The zero-order valence-electron chi connectivity index (χ0n) is 19.5. The van der Waals surface area contributed by atoms with E-state index in [1.54, 1.807) is 31.5 Å². The molecule has 0 spiro atoms. The molecule has 2 aliphatic rings. The van der Waals surface area contributed by atoms with Crippen molar-refractivity contribution < 1.29 is 14.6 Å². The van der Waals surface area contributed by atoms with E-state index in [2.05, 4.69) is 30.8 Å². The summed E-state index contributed by atoms with van der Waals surface area (Å²) in [6.07, 6.45) is 13.8. The number of ether oxygens (including phenoxy) is 2. The third-order valence-corrected chi connectivity index (χ3v) is 6.66. The van der Waals surface area contributed by atoms with Crippen molar-refractivity contribution in [3.63, 3.8) is 0 Å². The Labute approximate surface area is 195 Å². The van der Waals surface area contributed by atoms with Crippen LogP contribution in [-0.2, 0) is 4.74 Å². The van der Waals surface area contributed by atoms with Crippen LogP contribution in [0, 0.1) is 0 Å². The van der Waals surface area contributed by atoms with Gasteiger partial charge in [0.1, 0.15) is 6.10 Å². The summed E-state index contributed by atoms with van der Waals surface area (Å²) in [7, 11) is 1.68. The number of nitrogens with zero attached hydrogens (tertiary/aromatic N) is 4. The minimum absolute atomic E-state index is 0.0359. The van der Waals surface area contributed by atoms with E-state index in [-0.39, 0.29) is 18.2 Å². The molecule has 2 aromatic rings. The summed E-state index contributed by atoms with van der Waals surface area (Å²) in [6, 6.07) is 2.02. The second kappa shape index (κ2) is 13.1. The SMILES string of the molecule is COCC(C)Nc1ncc2c(OC3CCN(SC)CC3)nccc2n1.OC1CCCCC1. The number of aliphatic hydroxyl groups is 1. The van der Waals surface area contributed by atoms with Crippen molar-refractivity contribution in [2.45, 2.75) is 70.1 Å². The highest BCUT2D eigenvalue weighted by Gasteiger charge is 2.21. The molecule has 2 N–H and O–H groups in total. The van der Waals surface area contributed by atoms with Gasteiger partial charge in [-0.15, -0.1) is 0 Å². The minimum Gasteiger partial charge on any atom is -0.474 e. The van der Waals surface area contributed by atoms with Crippen LogP contribution in [0.3, 0.4) is 0 Å². The van der Waals surface area contributed by atoms with Crippen molar-refractivity contribution in [3.05, 3.63) is 18.5 Å². The Morgan fingerprint density at radius 2 is 1.94 bits per heavy atom. The molecule has 1 atom stereocenters. The first-order valence-electron chi connectivity index (χ1n) is 11.6. The first-order valence-corrected chi connectivity index (χ1v) is 12.8. The molecule has 2 fully saturated rings. The molecule has 0 bridgehead atoms. The molecule has 8 nitrogen and oxygen atoms in total. The lowest BCUT2D eigenvalue weighted by molar-refractivity contribution is 0.130. The zero-order chi connectivity index (χ0) is 22.8. The van der Waals surface area contributed by atoms with Crippen LogP contribution in [0.1, 0.15) is 51.9 Å². The molecule has 0 amide bonds. The monoisotopic (exact) mass is 463 g/mol. The van der Waals surface area contributed by atoms with Gasteiger partial charge >= 0.3 is 0 Å². The van der Waals surface area contributed by atoms with Crippen molar-refractivity contribution >= 4 is 28.8 Å². The van der Waals surface area contributed by atoms with E-state index in [4.69, 9.17) is 14.6 Å². The minimum atomic E-state index is 0.0359. The number of hydrogen-bond acceptors (Lipinski definition) is 9. The standard InChI is InChI=1S/C17H25N5O2S.C6H12O/c1-12(11-23-2)20-17-19-10-14-15(21-17)4-7-18-16(14)24-13-5-8-22(25-3)9-6-13;7-6-4-2-1-3-5-6/h4,7,10,12-13H,5-6,8-9,11H2,1-3H3,(H,19,20,21);6-7H,1-5H2. The van der Waals surface area contributed by atoms with E-state index in [0.29, 0.717) is 18.4 Å². The van der Waals surface area contributed by atoms with Gasteiger partial charge in [-0.3, -0.25) is 4.31 Å². The van der Waals surface area contributed by atoms with Gasteiger partial charge in [0.25, 0.3) is 0 Å². The number of anilines is 1. The molecular formula is C23H37N5O3S. The fourth-order valence-corrected chi connectivity index (χ4v) is 4.55. The quantitative estimate of drug-likeness (QED) is 0.593. The van der Waals surface area contributed by atoms with Crippen LogP contribution in [0.15, 0.2) is 18.5 Å². The van der Waals surface area contributed by atoms with Gasteiger partial charge in [0.2, 0.25) is 11.8 Å². The van der Waals surface area contributed by atoms with Crippen molar-refractivity contribution in [1.29, 1.82) is 0 Å². The highest BCUT2D eigenvalue weighted by atomic mass is 32.2. The average molecular weight is 464 g/mol. The fourth-order valence-electron chi connectivity index (χ4n) is 3.98. The average Bonchev–Trinajstić information content (AvgIpc) is 2.81. The Kier molecular flexibility index (Phi) is 10.2. The lowest BCUT2D eigenvalue weighted by atomic mass is 9.98. The first-order chi connectivity index (χ1) is 15.6. The van der Waals surface area contributed by atoms with Gasteiger partial charge in [-0.25, -0.2) is 15.0 Å². The normalized spacial score (nSPS) is 19.2. The summed E-state index contributed by atoms with van der Waals surface area (Å²) in [5, 5.41) is 13.0. The number of aromatic nitrogens is 3. The summed E-state index contributed by atoms with van der Waals surface area (Å²) < 4.78 is 13.6. The van der Waals surface area contributed by atoms with Crippen molar-refractivity contribution in [2.24, 2.45) is 0 Å². The molecule has 4 rings (SSSR count). The van der Waals surface area contributed by atoms with Crippen molar-refractivity contribution in [3.8, 4) is 5.88 Å². The largest absolute Gasteiger partial charge is 0.474 e. The second-order valence-corrected chi connectivity index (χ2v) is 9.35. The van der Waals surface area contributed by atoms with Crippen molar-refractivity contribution in [1.82, 2.24) is 19.3 Å². The summed E-state index contributed by atoms with van der Waals surface area (Å²) in [5.74, 6) is 1.21. The molecule has 1 saturated heterocycles. The maximum atomic E-state index is 8.91. The summed E-state index contributed by atoms with van der Waals surface area (Å²) in [6.45, 7) is 4.71. The van der Waals surface area contributed by atoms with Crippen LogP contribution in [0.4, 0.5) is 5.95 Å². The molecule has 2 aromatic heterocycles. The lowest BCUT2D eigenvalue weighted by Crippen LogP contribution is -2.34. The van der Waals surface area contributed by atoms with Gasteiger partial charge in [0, 0.05) is 38.6 Å². The summed E-state index contributed by atoms with van der Waals surface area (Å²) in [5.41, 5.74) is 0.827. The molecule has 1 unspecified atom stereocenters. The Bertz CT molecular complexity index is 813. The van der Waals surface area contributed by atoms with Crippen LogP contribution >= 0.6 is 11.9 Å². The Balaban J connectivity index is 0.000000352. The molecule has 32 heavy (non-hydrogen) atoms. The van der Waals surface area contributed by atoms with Crippen LogP contribution in [0.2, 0.25) is 0 Å². The maximum absolute atomic E-state index is 8.91. The van der Waals surface area contributed by atoms with Crippen LogP contribution < -0.4 is 10.1 Å².